The summed E-state index contributed by atoms with van der Waals surface area (Å²) >= 11 is 0. The van der Waals surface area contributed by atoms with Crippen molar-refractivity contribution in [1.29, 1.82) is 0 Å². The van der Waals surface area contributed by atoms with Crippen molar-refractivity contribution < 1.29 is 17.9 Å². The van der Waals surface area contributed by atoms with E-state index in [1.807, 2.05) is 25.9 Å². The van der Waals surface area contributed by atoms with Crippen LogP contribution in [0.1, 0.15) is 22.7 Å². The first-order valence-electron chi connectivity index (χ1n) is 10.5. The Bertz CT molecular complexity index is 985. The molecule has 0 bridgehead atoms. The van der Waals surface area contributed by atoms with E-state index < -0.39 is 10.0 Å². The van der Waals surface area contributed by atoms with Gasteiger partial charge in [-0.25, -0.2) is 13.1 Å². The molecule has 7 nitrogen and oxygen atoms in total. The smallest absolute Gasteiger partial charge is 0.240 e. The molecule has 0 aromatic heterocycles. The highest BCUT2D eigenvalue weighted by molar-refractivity contribution is 7.89. The first-order valence-corrected chi connectivity index (χ1v) is 11.9. The lowest BCUT2D eigenvalue weighted by atomic mass is 10.0. The molecule has 0 saturated carbocycles. The highest BCUT2D eigenvalue weighted by Crippen LogP contribution is 2.27. The number of benzene rings is 2. The van der Waals surface area contributed by atoms with E-state index >= 15 is 0 Å². The van der Waals surface area contributed by atoms with Gasteiger partial charge in [-0.1, -0.05) is 12.1 Å². The molecule has 0 spiro atoms. The Balaban J connectivity index is 1.85. The van der Waals surface area contributed by atoms with Crippen LogP contribution < -0.4 is 14.4 Å². The largest absolute Gasteiger partial charge is 0.496 e. The van der Waals surface area contributed by atoms with Gasteiger partial charge >= 0.3 is 0 Å². The van der Waals surface area contributed by atoms with Crippen molar-refractivity contribution in [2.75, 3.05) is 59.0 Å². The summed E-state index contributed by atoms with van der Waals surface area (Å²) in [4.78, 5) is 4.61. The Morgan fingerprint density at radius 3 is 2.32 bits per heavy atom. The predicted octanol–water partition coefficient (Wildman–Crippen LogP) is 2.73. The van der Waals surface area contributed by atoms with E-state index in [0.717, 1.165) is 29.9 Å². The fourth-order valence-electron chi connectivity index (χ4n) is 3.88. The Labute approximate surface area is 186 Å². The molecule has 1 fully saturated rings. The molecular formula is C23H33N3O4S. The highest BCUT2D eigenvalue weighted by atomic mass is 32.2. The summed E-state index contributed by atoms with van der Waals surface area (Å²) in [5.74, 6) is 0.684. The number of ether oxygens (including phenoxy) is 2. The Kier molecular flexibility index (Phi) is 7.59. The monoisotopic (exact) mass is 447 g/mol. The third kappa shape index (κ3) is 5.57. The van der Waals surface area contributed by atoms with Crippen LogP contribution in [0.15, 0.2) is 41.3 Å². The average Bonchev–Trinajstić information content (AvgIpc) is 2.76. The molecule has 1 saturated heterocycles. The van der Waals surface area contributed by atoms with E-state index in [-0.39, 0.29) is 17.5 Å². The maximum Gasteiger partial charge on any atom is 0.240 e. The minimum Gasteiger partial charge on any atom is -0.496 e. The normalized spacial score (nSPS) is 16.2. The van der Waals surface area contributed by atoms with Gasteiger partial charge in [0, 0.05) is 45.5 Å². The van der Waals surface area contributed by atoms with Crippen molar-refractivity contribution in [3.8, 4) is 5.75 Å². The van der Waals surface area contributed by atoms with E-state index in [9.17, 15) is 8.42 Å². The van der Waals surface area contributed by atoms with E-state index in [1.54, 1.807) is 26.2 Å². The van der Waals surface area contributed by atoms with Crippen molar-refractivity contribution in [1.82, 2.24) is 9.62 Å². The predicted molar refractivity (Wildman–Crippen MR) is 124 cm³/mol. The molecule has 2 aromatic rings. The Morgan fingerprint density at radius 1 is 1.10 bits per heavy atom. The number of morpholine rings is 1. The zero-order chi connectivity index (χ0) is 22.6. The van der Waals surface area contributed by atoms with Crippen molar-refractivity contribution >= 4 is 15.7 Å². The lowest BCUT2D eigenvalue weighted by Gasteiger charge is -2.35. The first kappa shape index (κ1) is 23.5. The maximum absolute atomic E-state index is 13.2. The summed E-state index contributed by atoms with van der Waals surface area (Å²) in [7, 11) is 1.92. The van der Waals surface area contributed by atoms with Crippen molar-refractivity contribution in [3.63, 3.8) is 0 Å². The Morgan fingerprint density at radius 2 is 1.74 bits per heavy atom. The van der Waals surface area contributed by atoms with Crippen LogP contribution in [0.25, 0.3) is 0 Å². The van der Waals surface area contributed by atoms with E-state index in [2.05, 4.69) is 33.9 Å². The second kappa shape index (κ2) is 9.99. The maximum atomic E-state index is 13.2. The van der Waals surface area contributed by atoms with Crippen LogP contribution in [-0.2, 0) is 14.8 Å². The van der Waals surface area contributed by atoms with Gasteiger partial charge < -0.3 is 14.4 Å². The van der Waals surface area contributed by atoms with Gasteiger partial charge in [0.1, 0.15) is 5.75 Å². The highest BCUT2D eigenvalue weighted by Gasteiger charge is 2.26. The fourth-order valence-corrected chi connectivity index (χ4v) is 5.23. The third-order valence-electron chi connectivity index (χ3n) is 5.73. The van der Waals surface area contributed by atoms with E-state index in [0.29, 0.717) is 24.5 Å². The van der Waals surface area contributed by atoms with Crippen LogP contribution in [0.4, 0.5) is 5.69 Å². The fraction of sp³-hybridized carbons (Fsp3) is 0.478. The number of rotatable bonds is 8. The standard InChI is InChI=1S/C23H33N3O4S/c1-17-15-23(18(2)14-22(17)29-5)31(27,28)24-16-21(26-10-12-30-13-11-26)19-6-8-20(9-7-19)25(3)4/h6-9,14-15,21,24H,10-13,16H2,1-5H3. The minimum atomic E-state index is -3.67. The summed E-state index contributed by atoms with van der Waals surface area (Å²) in [5.41, 5.74) is 3.64. The molecule has 31 heavy (non-hydrogen) atoms. The number of anilines is 1. The number of aryl methyl sites for hydroxylation is 2. The van der Waals surface area contributed by atoms with Gasteiger partial charge in [0.25, 0.3) is 0 Å². The lowest BCUT2D eigenvalue weighted by molar-refractivity contribution is 0.0172. The van der Waals surface area contributed by atoms with Crippen LogP contribution >= 0.6 is 0 Å². The summed E-state index contributed by atoms with van der Waals surface area (Å²) in [5, 5.41) is 0. The van der Waals surface area contributed by atoms with Crippen LogP contribution in [0, 0.1) is 13.8 Å². The molecule has 0 amide bonds. The second-order valence-corrected chi connectivity index (χ2v) is 9.82. The molecule has 3 rings (SSSR count). The van der Waals surface area contributed by atoms with Gasteiger partial charge in [0.2, 0.25) is 10.0 Å². The van der Waals surface area contributed by atoms with Gasteiger partial charge in [0.05, 0.1) is 25.2 Å². The van der Waals surface area contributed by atoms with Crippen molar-refractivity contribution in [3.05, 3.63) is 53.1 Å². The molecule has 0 aliphatic carbocycles. The molecule has 8 heteroatoms. The molecule has 170 valence electrons. The van der Waals surface area contributed by atoms with Crippen LogP contribution in [-0.4, -0.2) is 67.4 Å². The SMILES string of the molecule is COc1cc(C)c(S(=O)(=O)NCC(c2ccc(N(C)C)cc2)N2CCOCC2)cc1C. The molecule has 1 aliphatic heterocycles. The van der Waals surface area contributed by atoms with Gasteiger partial charge in [-0.05, 0) is 54.8 Å². The first-order chi connectivity index (χ1) is 14.7. The summed E-state index contributed by atoms with van der Waals surface area (Å²) in [6, 6.07) is 11.6. The van der Waals surface area contributed by atoms with Crippen LogP contribution in [0.3, 0.4) is 0 Å². The summed E-state index contributed by atoms with van der Waals surface area (Å²) < 4.78 is 40.0. The van der Waals surface area contributed by atoms with Crippen molar-refractivity contribution in [2.24, 2.45) is 0 Å². The van der Waals surface area contributed by atoms with Crippen molar-refractivity contribution in [2.45, 2.75) is 24.8 Å². The number of nitrogens with one attached hydrogen (secondary N) is 1. The zero-order valence-corrected chi connectivity index (χ0v) is 19.8. The Hall–Kier alpha value is -2.13. The lowest BCUT2D eigenvalue weighted by Crippen LogP contribution is -2.43. The molecule has 1 unspecified atom stereocenters. The number of hydrogen-bond donors (Lipinski definition) is 1. The minimum absolute atomic E-state index is 0.0745. The molecular weight excluding hydrogens is 414 g/mol. The number of methoxy groups -OCH3 is 1. The summed E-state index contributed by atoms with van der Waals surface area (Å²) in [6.07, 6.45) is 0. The van der Waals surface area contributed by atoms with Gasteiger partial charge in [0.15, 0.2) is 0 Å². The van der Waals surface area contributed by atoms with Gasteiger partial charge in [-0.15, -0.1) is 0 Å². The molecule has 0 radical (unpaired) electrons. The van der Waals surface area contributed by atoms with Crippen LogP contribution in [0.2, 0.25) is 0 Å². The number of sulfonamides is 1. The summed E-state index contributed by atoms with van der Waals surface area (Å²) in [6.45, 7) is 6.75. The zero-order valence-electron chi connectivity index (χ0n) is 19.0. The van der Waals surface area contributed by atoms with E-state index in [4.69, 9.17) is 9.47 Å². The quantitative estimate of drug-likeness (QED) is 0.671. The van der Waals surface area contributed by atoms with Gasteiger partial charge in [-0.3, -0.25) is 4.90 Å². The molecule has 1 heterocycles. The number of hydrogen-bond acceptors (Lipinski definition) is 6. The van der Waals surface area contributed by atoms with Crippen LogP contribution in [0.5, 0.6) is 5.75 Å². The molecule has 1 N–H and O–H groups in total. The molecule has 1 aliphatic rings. The van der Waals surface area contributed by atoms with Gasteiger partial charge in [-0.2, -0.15) is 0 Å². The number of nitrogens with zero attached hydrogens (tertiary/aromatic N) is 2. The third-order valence-corrected chi connectivity index (χ3v) is 7.29. The molecule has 1 atom stereocenters. The molecule has 2 aromatic carbocycles. The van der Waals surface area contributed by atoms with E-state index in [1.165, 1.54) is 0 Å². The average molecular weight is 448 g/mol. The second-order valence-electron chi connectivity index (χ2n) is 8.09. The topological polar surface area (TPSA) is 71.1 Å².